The highest BCUT2D eigenvalue weighted by molar-refractivity contribution is 7.86. The maximum absolute atomic E-state index is 12.6. The van der Waals surface area contributed by atoms with E-state index >= 15 is 0 Å². The van der Waals surface area contributed by atoms with Crippen LogP contribution < -0.4 is 0 Å². The molecule has 0 fully saturated rings. The number of ether oxygens (including phenoxy) is 1. The third kappa shape index (κ3) is 2.05. The van der Waals surface area contributed by atoms with Gasteiger partial charge in [-0.05, 0) is 6.07 Å². The number of hydrogen-bond donors (Lipinski definition) is 0. The summed E-state index contributed by atoms with van der Waals surface area (Å²) in [5, 5.41) is 0. The van der Waals surface area contributed by atoms with E-state index in [9.17, 15) is 17.1 Å². The third-order valence-corrected chi connectivity index (χ3v) is 2.30. The lowest BCUT2D eigenvalue weighted by molar-refractivity contribution is 0.0596. The van der Waals surface area contributed by atoms with Crippen LogP contribution in [0.25, 0.3) is 0 Å². The molecule has 0 aliphatic rings. The fourth-order valence-corrected chi connectivity index (χ4v) is 1.45. The van der Waals surface area contributed by atoms with Crippen molar-refractivity contribution < 1.29 is 21.8 Å². The van der Waals surface area contributed by atoms with Gasteiger partial charge in [-0.2, -0.15) is 8.42 Å². The summed E-state index contributed by atoms with van der Waals surface area (Å²) < 4.78 is 38.0. The van der Waals surface area contributed by atoms with Crippen molar-refractivity contribution in [2.75, 3.05) is 7.11 Å². The molecular formula is C7H6FNO4S. The number of halogens is 1. The molecule has 1 heterocycles. The van der Waals surface area contributed by atoms with Crippen molar-refractivity contribution in [3.8, 4) is 0 Å². The third-order valence-electron chi connectivity index (χ3n) is 1.45. The van der Waals surface area contributed by atoms with Crippen LogP contribution in [0.1, 0.15) is 10.4 Å². The average molecular weight is 219 g/mol. The molecule has 0 N–H and O–H groups in total. The Balaban J connectivity index is 3.38. The largest absolute Gasteiger partial charge is 0.465 e. The Morgan fingerprint density at radius 2 is 2.21 bits per heavy atom. The molecule has 0 spiro atoms. The van der Waals surface area contributed by atoms with E-state index in [0.29, 0.717) is 0 Å². The number of methoxy groups -OCH3 is 1. The lowest BCUT2D eigenvalue weighted by Gasteiger charge is -2.01. The minimum Gasteiger partial charge on any atom is -0.465 e. The van der Waals surface area contributed by atoms with E-state index in [0.717, 1.165) is 19.4 Å². The number of aromatic nitrogens is 1. The molecule has 1 aromatic heterocycles. The molecule has 5 nitrogen and oxygen atoms in total. The molecule has 14 heavy (non-hydrogen) atoms. The van der Waals surface area contributed by atoms with Crippen molar-refractivity contribution in [2.45, 2.75) is 4.90 Å². The number of hydrogen-bond acceptors (Lipinski definition) is 5. The average Bonchev–Trinajstić information content (AvgIpc) is 2.15. The summed E-state index contributed by atoms with van der Waals surface area (Å²) >= 11 is 0. The van der Waals surface area contributed by atoms with E-state index in [1.54, 1.807) is 0 Å². The lowest BCUT2D eigenvalue weighted by Crippen LogP contribution is -2.08. The van der Waals surface area contributed by atoms with Gasteiger partial charge in [0.1, 0.15) is 4.90 Å². The molecule has 0 unspecified atom stereocenters. The van der Waals surface area contributed by atoms with Gasteiger partial charge in [0.15, 0.2) is 0 Å². The molecule has 1 aromatic rings. The molecule has 0 amide bonds. The predicted octanol–water partition coefficient (Wildman–Crippen LogP) is 0.526. The first-order valence-electron chi connectivity index (χ1n) is 3.44. The minimum atomic E-state index is -4.95. The van der Waals surface area contributed by atoms with Crippen LogP contribution in [0.5, 0.6) is 0 Å². The van der Waals surface area contributed by atoms with E-state index in [-0.39, 0.29) is 5.56 Å². The van der Waals surface area contributed by atoms with Crippen LogP contribution in [0.15, 0.2) is 23.4 Å². The van der Waals surface area contributed by atoms with Gasteiger partial charge in [-0.15, -0.1) is 3.89 Å². The second-order valence-electron chi connectivity index (χ2n) is 2.30. The second-order valence-corrected chi connectivity index (χ2v) is 3.62. The van der Waals surface area contributed by atoms with Gasteiger partial charge in [0.05, 0.1) is 12.7 Å². The zero-order valence-corrected chi connectivity index (χ0v) is 7.91. The van der Waals surface area contributed by atoms with Crippen LogP contribution in [0.3, 0.4) is 0 Å². The predicted molar refractivity (Wildman–Crippen MR) is 43.9 cm³/mol. The molecule has 0 aliphatic heterocycles. The highest BCUT2D eigenvalue weighted by Gasteiger charge is 2.22. The van der Waals surface area contributed by atoms with Crippen LogP contribution in [0, 0.1) is 0 Å². The van der Waals surface area contributed by atoms with Crippen molar-refractivity contribution in [1.82, 2.24) is 4.98 Å². The zero-order chi connectivity index (χ0) is 10.8. The maximum atomic E-state index is 12.6. The Morgan fingerprint density at radius 3 is 2.71 bits per heavy atom. The smallest absolute Gasteiger partial charge is 0.339 e. The Kier molecular flexibility index (Phi) is 2.80. The highest BCUT2D eigenvalue weighted by atomic mass is 32.3. The summed E-state index contributed by atoms with van der Waals surface area (Å²) in [4.78, 5) is 13.6. The molecule has 0 radical (unpaired) electrons. The number of pyridine rings is 1. The van der Waals surface area contributed by atoms with Gasteiger partial charge < -0.3 is 4.74 Å². The maximum Gasteiger partial charge on any atom is 0.339 e. The number of carbonyl (C=O) groups is 1. The van der Waals surface area contributed by atoms with Gasteiger partial charge in [0.2, 0.25) is 0 Å². The van der Waals surface area contributed by atoms with E-state index in [1.807, 2.05) is 0 Å². The molecule has 0 aliphatic carbocycles. The van der Waals surface area contributed by atoms with Crippen molar-refractivity contribution in [2.24, 2.45) is 0 Å². The van der Waals surface area contributed by atoms with Crippen molar-refractivity contribution in [3.63, 3.8) is 0 Å². The summed E-state index contributed by atoms with van der Waals surface area (Å²) in [6.07, 6.45) is 1.92. The molecule has 0 saturated heterocycles. The standard InChI is InChI=1S/C7H6FNO4S/c1-13-7(10)5-2-3-9-4-6(5)14(8,11)12/h2-4H,1H3. The van der Waals surface area contributed by atoms with Gasteiger partial charge in [0, 0.05) is 12.4 Å². The van der Waals surface area contributed by atoms with Gasteiger partial charge in [-0.25, -0.2) is 4.79 Å². The van der Waals surface area contributed by atoms with Crippen molar-refractivity contribution >= 4 is 16.2 Å². The van der Waals surface area contributed by atoms with Crippen LogP contribution in [-0.2, 0) is 15.0 Å². The Labute approximate surface area is 79.7 Å². The molecule has 0 saturated carbocycles. The number of rotatable bonds is 2. The monoisotopic (exact) mass is 219 g/mol. The molecule has 1 rings (SSSR count). The summed E-state index contributed by atoms with van der Waals surface area (Å²) in [7, 11) is -3.89. The first-order valence-corrected chi connectivity index (χ1v) is 4.82. The fraction of sp³-hybridized carbons (Fsp3) is 0.143. The lowest BCUT2D eigenvalue weighted by atomic mass is 10.3. The summed E-state index contributed by atoms with van der Waals surface area (Å²) in [5.41, 5.74) is -0.370. The summed E-state index contributed by atoms with van der Waals surface area (Å²) in [6.45, 7) is 0. The molecule has 7 heteroatoms. The number of esters is 1. The Bertz CT molecular complexity index is 457. The number of carbonyl (C=O) groups excluding carboxylic acids is 1. The minimum absolute atomic E-state index is 0.370. The summed E-state index contributed by atoms with van der Waals surface area (Å²) in [6, 6.07) is 1.07. The van der Waals surface area contributed by atoms with Gasteiger partial charge in [0.25, 0.3) is 0 Å². The van der Waals surface area contributed by atoms with E-state index < -0.39 is 21.1 Å². The molecule has 0 bridgehead atoms. The Hall–Kier alpha value is -1.50. The summed E-state index contributed by atoms with van der Waals surface area (Å²) in [5.74, 6) is -0.927. The van der Waals surface area contributed by atoms with Gasteiger partial charge in [-0.3, -0.25) is 4.98 Å². The van der Waals surface area contributed by atoms with Crippen LogP contribution in [0.4, 0.5) is 3.89 Å². The molecule has 76 valence electrons. The quantitative estimate of drug-likeness (QED) is 0.535. The molecular weight excluding hydrogens is 213 g/mol. The topological polar surface area (TPSA) is 73.3 Å². The van der Waals surface area contributed by atoms with E-state index in [1.165, 1.54) is 6.20 Å². The van der Waals surface area contributed by atoms with E-state index in [2.05, 4.69) is 9.72 Å². The fourth-order valence-electron chi connectivity index (χ4n) is 0.853. The highest BCUT2D eigenvalue weighted by Crippen LogP contribution is 2.16. The molecule has 0 atom stereocenters. The van der Waals surface area contributed by atoms with Gasteiger partial charge in [-0.1, -0.05) is 0 Å². The normalized spacial score (nSPS) is 11.0. The number of nitrogens with zero attached hydrogens (tertiary/aromatic N) is 1. The second kappa shape index (κ2) is 3.70. The molecule has 0 aromatic carbocycles. The van der Waals surface area contributed by atoms with Crippen molar-refractivity contribution in [3.05, 3.63) is 24.0 Å². The van der Waals surface area contributed by atoms with Crippen LogP contribution in [-0.4, -0.2) is 26.5 Å². The van der Waals surface area contributed by atoms with Crippen LogP contribution >= 0.6 is 0 Å². The van der Waals surface area contributed by atoms with Crippen molar-refractivity contribution in [1.29, 1.82) is 0 Å². The first kappa shape index (κ1) is 10.6. The zero-order valence-electron chi connectivity index (χ0n) is 7.10. The Morgan fingerprint density at radius 1 is 1.57 bits per heavy atom. The SMILES string of the molecule is COC(=O)c1ccncc1S(=O)(=O)F. The van der Waals surface area contributed by atoms with Crippen LogP contribution in [0.2, 0.25) is 0 Å². The van der Waals surface area contributed by atoms with Gasteiger partial charge >= 0.3 is 16.2 Å². The van der Waals surface area contributed by atoms with E-state index in [4.69, 9.17) is 0 Å². The first-order chi connectivity index (χ1) is 6.46.